The van der Waals surface area contributed by atoms with Gasteiger partial charge in [-0.3, -0.25) is 9.79 Å². The number of aromatic nitrogens is 1. The van der Waals surface area contributed by atoms with Crippen molar-refractivity contribution in [1.82, 2.24) is 10.3 Å². The van der Waals surface area contributed by atoms with E-state index in [0.717, 1.165) is 24.2 Å². The molecule has 6 nitrogen and oxygen atoms in total. The van der Waals surface area contributed by atoms with Crippen LogP contribution in [0.4, 0.5) is 4.39 Å². The number of nitrogens with zero attached hydrogens (tertiary/aromatic N) is 2. The number of hydrogen-bond acceptors (Lipinski definition) is 5. The van der Waals surface area contributed by atoms with E-state index < -0.39 is 6.67 Å². The zero-order chi connectivity index (χ0) is 22.9. The van der Waals surface area contributed by atoms with Gasteiger partial charge in [-0.1, -0.05) is 39.0 Å². The molecule has 4 bridgehead atoms. The van der Waals surface area contributed by atoms with E-state index in [1.54, 1.807) is 0 Å². The van der Waals surface area contributed by atoms with Gasteiger partial charge in [0.25, 0.3) is 0 Å². The summed E-state index contributed by atoms with van der Waals surface area (Å²) in [5.74, 6) is 1.26. The van der Waals surface area contributed by atoms with Gasteiger partial charge in [0.05, 0.1) is 0 Å². The number of oxazole rings is 1. The lowest BCUT2D eigenvalue weighted by molar-refractivity contribution is -0.122. The molecule has 1 aromatic carbocycles. The first-order chi connectivity index (χ1) is 15.3. The Balaban J connectivity index is 1.79. The van der Waals surface area contributed by atoms with Gasteiger partial charge in [0.2, 0.25) is 11.8 Å². The number of amides is 1. The SMILES string of the molecule is C=N/C(=C\OCc1nc2oc1[C@H]1CCc3ccc(cc31)CCC(=O)N[C@H]2C(C)(C)C)CF. The molecule has 0 saturated carbocycles. The number of carbonyl (C=O) groups is 1. The number of aliphatic imine (C=N–C) groups is 1. The van der Waals surface area contributed by atoms with E-state index in [1.807, 2.05) is 20.8 Å². The van der Waals surface area contributed by atoms with E-state index in [9.17, 15) is 9.18 Å². The first kappa shape index (κ1) is 22.2. The second-order valence-corrected chi connectivity index (χ2v) is 9.57. The largest absolute Gasteiger partial charge is 0.493 e. The van der Waals surface area contributed by atoms with Crippen LogP contribution in [0.1, 0.15) is 79.6 Å². The van der Waals surface area contributed by atoms with Gasteiger partial charge < -0.3 is 14.5 Å². The fourth-order valence-electron chi connectivity index (χ4n) is 4.43. The van der Waals surface area contributed by atoms with Crippen LogP contribution >= 0.6 is 0 Å². The Morgan fingerprint density at radius 3 is 2.91 bits per heavy atom. The van der Waals surface area contributed by atoms with Gasteiger partial charge in [0, 0.05) is 12.3 Å². The number of carbonyl (C=O) groups excluding carboxylic acids is 1. The van der Waals surface area contributed by atoms with Gasteiger partial charge >= 0.3 is 0 Å². The average molecular weight is 440 g/mol. The molecule has 32 heavy (non-hydrogen) atoms. The summed E-state index contributed by atoms with van der Waals surface area (Å²) in [5, 5.41) is 3.12. The molecule has 2 aliphatic rings. The van der Waals surface area contributed by atoms with Crippen LogP contribution in [-0.4, -0.2) is 24.3 Å². The van der Waals surface area contributed by atoms with Gasteiger partial charge in [-0.05, 0) is 48.1 Å². The predicted octanol–water partition coefficient (Wildman–Crippen LogP) is 4.93. The molecule has 2 heterocycles. The van der Waals surface area contributed by atoms with Crippen molar-refractivity contribution in [1.29, 1.82) is 0 Å². The normalized spacial score (nSPS) is 20.9. The Bertz CT molecular complexity index is 1050. The second kappa shape index (κ2) is 8.88. The minimum absolute atomic E-state index is 0.0346. The minimum Gasteiger partial charge on any atom is -0.493 e. The zero-order valence-electron chi connectivity index (χ0n) is 18.9. The van der Waals surface area contributed by atoms with Crippen molar-refractivity contribution in [2.24, 2.45) is 10.4 Å². The lowest BCUT2D eigenvalue weighted by Gasteiger charge is -2.29. The molecular weight excluding hydrogens is 409 g/mol. The summed E-state index contributed by atoms with van der Waals surface area (Å²) in [4.78, 5) is 21.1. The maximum Gasteiger partial charge on any atom is 0.220 e. The third-order valence-electron chi connectivity index (χ3n) is 6.19. The van der Waals surface area contributed by atoms with Gasteiger partial charge in [-0.25, -0.2) is 9.37 Å². The number of rotatable bonds is 5. The van der Waals surface area contributed by atoms with E-state index in [-0.39, 0.29) is 35.6 Å². The van der Waals surface area contributed by atoms with E-state index in [4.69, 9.17) is 14.1 Å². The van der Waals surface area contributed by atoms with E-state index in [1.165, 1.54) is 17.4 Å². The lowest BCUT2D eigenvalue weighted by Crippen LogP contribution is -2.37. The number of alkyl halides is 1. The molecular formula is C25H30FN3O3. The summed E-state index contributed by atoms with van der Waals surface area (Å²) in [6.07, 6.45) is 4.25. The quantitative estimate of drug-likeness (QED) is 0.529. The number of hydrogen-bond donors (Lipinski definition) is 1. The van der Waals surface area contributed by atoms with E-state index in [0.29, 0.717) is 24.4 Å². The summed E-state index contributed by atoms with van der Waals surface area (Å²) in [7, 11) is 0. The van der Waals surface area contributed by atoms with Crippen LogP contribution in [0, 0.1) is 5.41 Å². The molecule has 0 unspecified atom stereocenters. The highest BCUT2D eigenvalue weighted by Gasteiger charge is 2.36. The molecule has 4 rings (SSSR count). The highest BCUT2D eigenvalue weighted by atomic mass is 19.1. The second-order valence-electron chi connectivity index (χ2n) is 9.57. The molecule has 1 N–H and O–H groups in total. The molecule has 1 amide bonds. The topological polar surface area (TPSA) is 76.7 Å². The molecule has 7 heteroatoms. The molecule has 0 fully saturated rings. The number of benzene rings is 1. The van der Waals surface area contributed by atoms with Crippen LogP contribution in [0.3, 0.4) is 0 Å². The van der Waals surface area contributed by atoms with Crippen molar-refractivity contribution in [2.45, 2.75) is 65.0 Å². The van der Waals surface area contributed by atoms with E-state index in [2.05, 4.69) is 35.2 Å². The molecule has 2 aromatic rings. The summed E-state index contributed by atoms with van der Waals surface area (Å²) in [6, 6.07) is 6.08. The molecule has 0 saturated heterocycles. The monoisotopic (exact) mass is 439 g/mol. The van der Waals surface area contributed by atoms with Gasteiger partial charge in [-0.15, -0.1) is 0 Å². The van der Waals surface area contributed by atoms with Crippen LogP contribution in [0.25, 0.3) is 0 Å². The molecule has 170 valence electrons. The average Bonchev–Trinajstić information content (AvgIpc) is 3.35. The molecule has 1 aromatic heterocycles. The van der Waals surface area contributed by atoms with Crippen LogP contribution in [0.2, 0.25) is 0 Å². The Hall–Kier alpha value is -2.96. The molecule has 1 aliphatic heterocycles. The molecule has 1 aliphatic carbocycles. The summed E-state index contributed by atoms with van der Waals surface area (Å²) in [6.45, 7) is 8.86. The predicted molar refractivity (Wildman–Crippen MR) is 120 cm³/mol. The van der Waals surface area contributed by atoms with Gasteiger partial charge in [-0.2, -0.15) is 0 Å². The fraction of sp³-hybridized carbons (Fsp3) is 0.480. The maximum atomic E-state index is 12.9. The fourth-order valence-corrected chi connectivity index (χ4v) is 4.43. The minimum atomic E-state index is -0.753. The highest BCUT2D eigenvalue weighted by Crippen LogP contribution is 2.43. The highest BCUT2D eigenvalue weighted by molar-refractivity contribution is 5.76. The smallest absolute Gasteiger partial charge is 0.220 e. The van der Waals surface area contributed by atoms with Crippen molar-refractivity contribution in [3.63, 3.8) is 0 Å². The van der Waals surface area contributed by atoms with Gasteiger partial charge in [0.15, 0.2) is 0 Å². The van der Waals surface area contributed by atoms with E-state index >= 15 is 0 Å². The number of aryl methyl sites for hydroxylation is 2. The zero-order valence-corrected chi connectivity index (χ0v) is 18.9. The van der Waals surface area contributed by atoms with Crippen LogP contribution < -0.4 is 5.32 Å². The number of nitrogens with one attached hydrogen (secondary N) is 1. The number of allylic oxidation sites excluding steroid dienone is 1. The third kappa shape index (κ3) is 4.47. The van der Waals surface area contributed by atoms with Crippen molar-refractivity contribution >= 4 is 12.6 Å². The van der Waals surface area contributed by atoms with Gasteiger partial charge in [0.1, 0.15) is 42.7 Å². The Morgan fingerprint density at radius 1 is 1.38 bits per heavy atom. The summed E-state index contributed by atoms with van der Waals surface area (Å²) in [5.41, 5.74) is 4.15. The molecule has 2 atom stereocenters. The van der Waals surface area contributed by atoms with Crippen LogP contribution in [-0.2, 0) is 29.0 Å². The summed E-state index contributed by atoms with van der Waals surface area (Å²) < 4.78 is 24.9. The third-order valence-corrected chi connectivity index (χ3v) is 6.19. The Morgan fingerprint density at radius 2 is 2.19 bits per heavy atom. The molecule has 0 spiro atoms. The Labute approximate surface area is 188 Å². The number of halogens is 1. The Kier molecular flexibility index (Phi) is 6.17. The van der Waals surface area contributed by atoms with Crippen LogP contribution in [0.15, 0.2) is 39.6 Å². The maximum absolute atomic E-state index is 12.9. The lowest BCUT2D eigenvalue weighted by atomic mass is 9.86. The van der Waals surface area contributed by atoms with Crippen molar-refractivity contribution < 1.29 is 18.3 Å². The number of ether oxygens (including phenoxy) is 1. The van der Waals surface area contributed by atoms with Crippen LogP contribution in [0.5, 0.6) is 0 Å². The van der Waals surface area contributed by atoms with Crippen molar-refractivity contribution in [2.75, 3.05) is 6.67 Å². The first-order valence-corrected chi connectivity index (χ1v) is 11.0. The van der Waals surface area contributed by atoms with Crippen molar-refractivity contribution in [3.05, 3.63) is 64.2 Å². The number of fused-ring (bicyclic) bond motifs is 4. The van der Waals surface area contributed by atoms with Crippen molar-refractivity contribution in [3.8, 4) is 0 Å². The summed E-state index contributed by atoms with van der Waals surface area (Å²) >= 11 is 0. The standard InChI is InChI=1S/C25H30FN3O3/c1-25(2,3)23-24-28-20(14-31-13-17(12-26)27-4)22(32-24)18-9-8-16-7-5-15(11-19(16)18)6-10-21(30)29-23/h5,7,11,13,18,23H,4,6,8-10,12,14H2,1-3H3,(H,29,30)/b17-13-/t18-,23+/m0/s1. The molecule has 0 radical (unpaired) electrons. The first-order valence-electron chi connectivity index (χ1n) is 11.0.